The summed E-state index contributed by atoms with van der Waals surface area (Å²) < 4.78 is 5.11. The van der Waals surface area contributed by atoms with E-state index in [1.165, 1.54) is 7.11 Å². The molecule has 3 heteroatoms. The van der Waals surface area contributed by atoms with Crippen LogP contribution in [0.3, 0.4) is 0 Å². The van der Waals surface area contributed by atoms with Crippen molar-refractivity contribution in [1.29, 1.82) is 0 Å². The monoisotopic (exact) mass is 379 g/mol. The SMILES string of the molecule is COC(=O)C(N=C(c1ccccc1)c1ccccc1)c1ccc2ccccc2c1. The van der Waals surface area contributed by atoms with Crippen LogP contribution in [0.15, 0.2) is 108 Å². The Bertz CT molecular complexity index is 1110. The van der Waals surface area contributed by atoms with Gasteiger partial charge in [0.25, 0.3) is 0 Å². The Morgan fingerprint density at radius 3 is 1.86 bits per heavy atom. The lowest BCUT2D eigenvalue weighted by Gasteiger charge is -2.15. The second-order valence-electron chi connectivity index (χ2n) is 6.74. The van der Waals surface area contributed by atoms with Gasteiger partial charge in [0.2, 0.25) is 0 Å². The molecule has 0 aliphatic carbocycles. The van der Waals surface area contributed by atoms with Gasteiger partial charge in [-0.1, -0.05) is 97.1 Å². The molecule has 4 aromatic carbocycles. The number of carbonyl (C=O) groups is 1. The summed E-state index contributed by atoms with van der Waals surface area (Å²) in [6.07, 6.45) is 0. The van der Waals surface area contributed by atoms with Crippen LogP contribution in [0.5, 0.6) is 0 Å². The van der Waals surface area contributed by atoms with Crippen LogP contribution in [0.1, 0.15) is 22.7 Å². The molecule has 0 spiro atoms. The van der Waals surface area contributed by atoms with Crippen molar-refractivity contribution in [2.45, 2.75) is 6.04 Å². The largest absolute Gasteiger partial charge is 0.467 e. The highest BCUT2D eigenvalue weighted by atomic mass is 16.5. The van der Waals surface area contributed by atoms with E-state index in [2.05, 4.69) is 6.07 Å². The average Bonchev–Trinajstić information content (AvgIpc) is 2.80. The minimum Gasteiger partial charge on any atom is -0.467 e. The zero-order valence-electron chi connectivity index (χ0n) is 16.2. The van der Waals surface area contributed by atoms with E-state index in [0.29, 0.717) is 0 Å². The first-order chi connectivity index (χ1) is 14.3. The summed E-state index contributed by atoms with van der Waals surface area (Å²) in [5.74, 6) is -0.385. The van der Waals surface area contributed by atoms with Crippen molar-refractivity contribution in [3.05, 3.63) is 120 Å². The Labute approximate surface area is 170 Å². The van der Waals surface area contributed by atoms with Crippen molar-refractivity contribution < 1.29 is 9.53 Å². The van der Waals surface area contributed by atoms with Gasteiger partial charge in [-0.15, -0.1) is 0 Å². The number of hydrogen-bond acceptors (Lipinski definition) is 3. The molecule has 142 valence electrons. The van der Waals surface area contributed by atoms with Crippen LogP contribution < -0.4 is 0 Å². The first-order valence-corrected chi connectivity index (χ1v) is 9.51. The van der Waals surface area contributed by atoms with E-state index in [4.69, 9.17) is 9.73 Å². The molecule has 1 atom stereocenters. The Morgan fingerprint density at radius 2 is 1.28 bits per heavy atom. The fourth-order valence-electron chi connectivity index (χ4n) is 3.39. The minimum absolute atomic E-state index is 0.385. The molecule has 0 saturated heterocycles. The van der Waals surface area contributed by atoms with Crippen LogP contribution in [-0.2, 0) is 9.53 Å². The molecule has 0 radical (unpaired) electrons. The molecule has 0 amide bonds. The first kappa shape index (κ1) is 18.6. The van der Waals surface area contributed by atoms with Gasteiger partial charge in [0.1, 0.15) is 0 Å². The summed E-state index contributed by atoms with van der Waals surface area (Å²) in [5.41, 5.74) is 3.47. The molecule has 0 N–H and O–H groups in total. The molecular formula is C26H21NO2. The van der Waals surface area contributed by atoms with Crippen LogP contribution in [0.4, 0.5) is 0 Å². The Morgan fingerprint density at radius 1 is 0.724 bits per heavy atom. The lowest BCUT2D eigenvalue weighted by molar-refractivity contribution is -0.142. The van der Waals surface area contributed by atoms with Gasteiger partial charge in [0.05, 0.1) is 12.8 Å². The zero-order chi connectivity index (χ0) is 20.1. The van der Waals surface area contributed by atoms with E-state index < -0.39 is 6.04 Å². The Hall–Kier alpha value is -3.72. The highest BCUT2D eigenvalue weighted by Gasteiger charge is 2.22. The van der Waals surface area contributed by atoms with Gasteiger partial charge in [0, 0.05) is 11.1 Å². The average molecular weight is 379 g/mol. The Balaban J connectivity index is 1.88. The van der Waals surface area contributed by atoms with Crippen LogP contribution in [0.2, 0.25) is 0 Å². The van der Waals surface area contributed by atoms with Crippen molar-refractivity contribution in [2.75, 3.05) is 7.11 Å². The molecule has 0 aromatic heterocycles. The summed E-state index contributed by atoms with van der Waals surface area (Å²) in [7, 11) is 1.40. The number of carbonyl (C=O) groups excluding carboxylic acids is 1. The van der Waals surface area contributed by atoms with Gasteiger partial charge >= 0.3 is 5.97 Å². The molecule has 3 nitrogen and oxygen atoms in total. The van der Waals surface area contributed by atoms with Crippen molar-refractivity contribution in [2.24, 2.45) is 4.99 Å². The van der Waals surface area contributed by atoms with E-state index in [9.17, 15) is 4.79 Å². The van der Waals surface area contributed by atoms with E-state index in [1.807, 2.05) is 97.1 Å². The number of rotatable bonds is 5. The third kappa shape index (κ3) is 4.09. The molecule has 0 saturated carbocycles. The number of aliphatic imine (C=N–C) groups is 1. The van der Waals surface area contributed by atoms with E-state index in [0.717, 1.165) is 33.2 Å². The normalized spacial score (nSPS) is 11.6. The standard InChI is InChI=1S/C26H21NO2/c1-29-26(28)25(23-17-16-19-10-8-9-15-22(19)18-23)27-24(20-11-4-2-5-12-20)21-13-6-3-7-14-21/h2-18,25H,1H3. The van der Waals surface area contributed by atoms with Crippen molar-refractivity contribution in [3.63, 3.8) is 0 Å². The van der Waals surface area contributed by atoms with E-state index >= 15 is 0 Å². The number of benzene rings is 4. The molecule has 29 heavy (non-hydrogen) atoms. The fourth-order valence-corrected chi connectivity index (χ4v) is 3.39. The van der Waals surface area contributed by atoms with E-state index in [-0.39, 0.29) is 5.97 Å². The smallest absolute Gasteiger partial charge is 0.335 e. The summed E-state index contributed by atoms with van der Waals surface area (Å²) in [6, 6.07) is 33.1. The fraction of sp³-hybridized carbons (Fsp3) is 0.0769. The quantitative estimate of drug-likeness (QED) is 0.335. The highest BCUT2D eigenvalue weighted by molar-refractivity contribution is 6.13. The van der Waals surface area contributed by atoms with Crippen LogP contribution in [0.25, 0.3) is 10.8 Å². The third-order valence-corrected chi connectivity index (χ3v) is 4.87. The lowest BCUT2D eigenvalue weighted by Crippen LogP contribution is -2.16. The predicted molar refractivity (Wildman–Crippen MR) is 117 cm³/mol. The topological polar surface area (TPSA) is 38.7 Å². The van der Waals surface area contributed by atoms with Crippen LogP contribution in [-0.4, -0.2) is 18.8 Å². The van der Waals surface area contributed by atoms with Crippen LogP contribution in [0, 0.1) is 0 Å². The number of ether oxygens (including phenoxy) is 1. The maximum absolute atomic E-state index is 12.7. The maximum atomic E-state index is 12.7. The van der Waals surface area contributed by atoms with Gasteiger partial charge in [-0.2, -0.15) is 0 Å². The first-order valence-electron chi connectivity index (χ1n) is 9.51. The molecule has 4 rings (SSSR count). The maximum Gasteiger partial charge on any atom is 0.335 e. The number of nitrogens with zero attached hydrogens (tertiary/aromatic N) is 1. The summed E-state index contributed by atoms with van der Waals surface area (Å²) in [5, 5.41) is 2.19. The zero-order valence-corrected chi connectivity index (χ0v) is 16.2. The highest BCUT2D eigenvalue weighted by Crippen LogP contribution is 2.26. The molecule has 0 fully saturated rings. The summed E-state index contributed by atoms with van der Waals surface area (Å²) in [4.78, 5) is 17.6. The van der Waals surface area contributed by atoms with Crippen molar-refractivity contribution in [3.8, 4) is 0 Å². The van der Waals surface area contributed by atoms with Crippen LogP contribution >= 0.6 is 0 Å². The number of methoxy groups -OCH3 is 1. The predicted octanol–water partition coefficient (Wildman–Crippen LogP) is 5.59. The number of fused-ring (bicyclic) bond motifs is 1. The Kier molecular flexibility index (Phi) is 5.48. The second-order valence-corrected chi connectivity index (χ2v) is 6.74. The van der Waals surface area contributed by atoms with Gasteiger partial charge in [-0.25, -0.2) is 4.79 Å². The molecule has 0 aliphatic rings. The summed E-state index contributed by atoms with van der Waals surface area (Å²) >= 11 is 0. The molecule has 0 aliphatic heterocycles. The third-order valence-electron chi connectivity index (χ3n) is 4.87. The summed E-state index contributed by atoms with van der Waals surface area (Å²) in [6.45, 7) is 0. The molecule has 4 aromatic rings. The molecule has 1 unspecified atom stereocenters. The molecule has 0 heterocycles. The van der Waals surface area contributed by atoms with Gasteiger partial charge in [-0.05, 0) is 22.4 Å². The molecular weight excluding hydrogens is 358 g/mol. The lowest BCUT2D eigenvalue weighted by atomic mass is 9.99. The van der Waals surface area contributed by atoms with Gasteiger partial charge in [-0.3, -0.25) is 4.99 Å². The second kappa shape index (κ2) is 8.53. The van der Waals surface area contributed by atoms with Gasteiger partial charge in [0.15, 0.2) is 6.04 Å². The van der Waals surface area contributed by atoms with Crippen molar-refractivity contribution in [1.82, 2.24) is 0 Å². The number of hydrogen-bond donors (Lipinski definition) is 0. The van der Waals surface area contributed by atoms with Gasteiger partial charge < -0.3 is 4.74 Å². The van der Waals surface area contributed by atoms with E-state index in [1.54, 1.807) is 0 Å². The van der Waals surface area contributed by atoms with Crippen molar-refractivity contribution >= 4 is 22.5 Å². The minimum atomic E-state index is -0.750. The number of esters is 1. The molecule has 0 bridgehead atoms.